The molecule has 7 heteroatoms. The number of hydrogen-bond acceptors (Lipinski definition) is 5. The summed E-state index contributed by atoms with van der Waals surface area (Å²) in [5, 5.41) is 5.39. The van der Waals surface area contributed by atoms with Gasteiger partial charge in [0.25, 0.3) is 5.91 Å². The van der Waals surface area contributed by atoms with Crippen LogP contribution in [-0.4, -0.2) is 21.4 Å². The first-order valence-corrected chi connectivity index (χ1v) is 8.11. The average molecular weight is 318 g/mol. The van der Waals surface area contributed by atoms with Gasteiger partial charge in [0.1, 0.15) is 5.76 Å². The number of likely N-dealkylation sites (N-methyl/N-ethyl adjacent to an activating group) is 1. The van der Waals surface area contributed by atoms with E-state index in [0.29, 0.717) is 17.0 Å². The van der Waals surface area contributed by atoms with Gasteiger partial charge in [-0.25, -0.2) is 8.42 Å². The second-order valence-corrected chi connectivity index (χ2v) is 6.57. The van der Waals surface area contributed by atoms with Crippen LogP contribution in [0.15, 0.2) is 56.9 Å². The highest BCUT2D eigenvalue weighted by atomic mass is 32.2. The van der Waals surface area contributed by atoms with Crippen molar-refractivity contribution in [2.24, 2.45) is 0 Å². The van der Waals surface area contributed by atoms with Crippen LogP contribution in [0.3, 0.4) is 0 Å². The van der Waals surface area contributed by atoms with Gasteiger partial charge < -0.3 is 15.1 Å². The summed E-state index contributed by atoms with van der Waals surface area (Å²) in [6, 6.07) is 10.0. The first-order valence-electron chi connectivity index (χ1n) is 6.63. The Kier molecular flexibility index (Phi) is 3.50. The predicted octanol–water partition coefficient (Wildman–Crippen LogP) is 1.27. The molecule has 1 aliphatic heterocycles. The van der Waals surface area contributed by atoms with Crippen LogP contribution in [0.25, 0.3) is 5.70 Å². The maximum atomic E-state index is 12.6. The fourth-order valence-electron chi connectivity index (χ4n) is 2.39. The Balaban J connectivity index is 2.09. The smallest absolute Gasteiger partial charge is 0.265 e. The van der Waals surface area contributed by atoms with Gasteiger partial charge in [-0.2, -0.15) is 0 Å². The number of nitrogens with one attached hydrogen (secondary N) is 2. The summed E-state index contributed by atoms with van der Waals surface area (Å²) in [5.74, 6) is 0.00341. The zero-order valence-electron chi connectivity index (χ0n) is 11.8. The van der Waals surface area contributed by atoms with E-state index in [1.165, 1.54) is 19.4 Å². The van der Waals surface area contributed by atoms with Crippen LogP contribution < -0.4 is 10.6 Å². The van der Waals surface area contributed by atoms with Crippen molar-refractivity contribution >= 4 is 21.4 Å². The summed E-state index contributed by atoms with van der Waals surface area (Å²) in [6.45, 7) is 0.284. The van der Waals surface area contributed by atoms with E-state index in [1.54, 1.807) is 30.3 Å². The summed E-state index contributed by atoms with van der Waals surface area (Å²) in [5.41, 5.74) is 0.791. The van der Waals surface area contributed by atoms with E-state index in [4.69, 9.17) is 4.42 Å². The molecular weight excluding hydrogens is 304 g/mol. The molecule has 0 fully saturated rings. The molecule has 0 saturated heterocycles. The Bertz CT molecular complexity index is 851. The van der Waals surface area contributed by atoms with E-state index in [0.717, 1.165) is 0 Å². The molecule has 1 aliphatic rings. The minimum absolute atomic E-state index is 0.135. The summed E-state index contributed by atoms with van der Waals surface area (Å²) in [4.78, 5) is 11.9. The first-order chi connectivity index (χ1) is 10.6. The van der Waals surface area contributed by atoms with Gasteiger partial charge in [-0.1, -0.05) is 18.2 Å². The van der Waals surface area contributed by atoms with Crippen molar-refractivity contribution in [3.8, 4) is 0 Å². The molecule has 1 aromatic carbocycles. The number of hydrogen-bond donors (Lipinski definition) is 2. The van der Waals surface area contributed by atoms with E-state index >= 15 is 0 Å². The topological polar surface area (TPSA) is 88.4 Å². The summed E-state index contributed by atoms with van der Waals surface area (Å²) in [7, 11) is -2.42. The van der Waals surface area contributed by atoms with Crippen molar-refractivity contribution in [3.63, 3.8) is 0 Å². The molecule has 0 unspecified atom stereocenters. The van der Waals surface area contributed by atoms with Gasteiger partial charge in [0.05, 0.1) is 23.4 Å². The lowest BCUT2D eigenvalue weighted by atomic mass is 10.1. The lowest BCUT2D eigenvalue weighted by molar-refractivity contribution is -0.116. The van der Waals surface area contributed by atoms with Gasteiger partial charge in [0, 0.05) is 12.6 Å². The first kappa shape index (κ1) is 14.4. The van der Waals surface area contributed by atoms with Crippen LogP contribution in [0, 0.1) is 0 Å². The lowest BCUT2D eigenvalue weighted by Gasteiger charge is -2.08. The fourth-order valence-corrected chi connectivity index (χ4v) is 4.12. The van der Waals surface area contributed by atoms with Gasteiger partial charge in [0.15, 0.2) is 4.91 Å². The minimum Gasteiger partial charge on any atom is -0.467 e. The molecule has 2 heterocycles. The van der Waals surface area contributed by atoms with Crippen molar-refractivity contribution in [2.75, 3.05) is 7.05 Å². The molecule has 0 bridgehead atoms. The monoisotopic (exact) mass is 318 g/mol. The maximum Gasteiger partial charge on any atom is 0.265 e. The maximum absolute atomic E-state index is 12.6. The number of sulfone groups is 1. The van der Waals surface area contributed by atoms with Gasteiger partial charge in [-0.3, -0.25) is 4.79 Å². The van der Waals surface area contributed by atoms with Gasteiger partial charge in [-0.15, -0.1) is 0 Å². The van der Waals surface area contributed by atoms with Crippen molar-refractivity contribution in [1.29, 1.82) is 0 Å². The van der Waals surface area contributed by atoms with Crippen molar-refractivity contribution in [1.82, 2.24) is 10.6 Å². The van der Waals surface area contributed by atoms with Crippen molar-refractivity contribution in [2.45, 2.75) is 11.4 Å². The number of fused-ring (bicyclic) bond motifs is 1. The highest BCUT2D eigenvalue weighted by Gasteiger charge is 2.39. The fraction of sp³-hybridized carbons (Fsp3) is 0.133. The molecular formula is C15H14N2O4S. The normalized spacial score (nSPS) is 15.5. The largest absolute Gasteiger partial charge is 0.467 e. The van der Waals surface area contributed by atoms with E-state index in [-0.39, 0.29) is 16.3 Å². The third kappa shape index (κ3) is 2.19. The number of carbonyl (C=O) groups excluding carboxylic acids is 1. The number of furan rings is 1. The van der Waals surface area contributed by atoms with Crippen LogP contribution in [-0.2, 0) is 21.2 Å². The van der Waals surface area contributed by atoms with Crippen LogP contribution in [0.5, 0.6) is 0 Å². The highest BCUT2D eigenvalue weighted by Crippen LogP contribution is 2.37. The van der Waals surface area contributed by atoms with E-state index < -0.39 is 15.7 Å². The predicted molar refractivity (Wildman–Crippen MR) is 80.2 cm³/mol. The van der Waals surface area contributed by atoms with Crippen LogP contribution in [0.1, 0.15) is 11.3 Å². The van der Waals surface area contributed by atoms with Crippen molar-refractivity contribution in [3.05, 3.63) is 58.9 Å². The van der Waals surface area contributed by atoms with E-state index in [1.807, 2.05) is 0 Å². The third-order valence-electron chi connectivity index (χ3n) is 3.39. The molecule has 1 aromatic heterocycles. The van der Waals surface area contributed by atoms with E-state index in [2.05, 4.69) is 10.6 Å². The number of rotatable bonds is 4. The van der Waals surface area contributed by atoms with Crippen LogP contribution >= 0.6 is 0 Å². The SMILES string of the molecule is CNC(=O)C1=C(NCc2ccco2)c2ccccc2S1(=O)=O. The Labute approximate surface area is 127 Å². The molecule has 0 saturated carbocycles. The molecule has 0 atom stereocenters. The third-order valence-corrected chi connectivity index (χ3v) is 5.26. The Morgan fingerprint density at radius 2 is 1.95 bits per heavy atom. The second kappa shape index (κ2) is 5.34. The van der Waals surface area contributed by atoms with Gasteiger partial charge in [0.2, 0.25) is 9.84 Å². The molecule has 114 valence electrons. The summed E-state index contributed by atoms with van der Waals surface area (Å²) < 4.78 is 30.4. The Morgan fingerprint density at radius 3 is 2.64 bits per heavy atom. The molecule has 3 rings (SSSR count). The number of amides is 1. The molecule has 2 N–H and O–H groups in total. The zero-order chi connectivity index (χ0) is 15.7. The highest BCUT2D eigenvalue weighted by molar-refractivity contribution is 7.97. The average Bonchev–Trinajstić information content (AvgIpc) is 3.10. The minimum atomic E-state index is -3.82. The van der Waals surface area contributed by atoms with Crippen molar-refractivity contribution < 1.29 is 17.6 Å². The number of carbonyl (C=O) groups is 1. The lowest BCUT2D eigenvalue weighted by Crippen LogP contribution is -2.26. The molecule has 0 radical (unpaired) electrons. The van der Waals surface area contributed by atoms with Crippen LogP contribution in [0.2, 0.25) is 0 Å². The zero-order valence-corrected chi connectivity index (χ0v) is 12.6. The second-order valence-electron chi connectivity index (χ2n) is 4.72. The Morgan fingerprint density at radius 1 is 1.18 bits per heavy atom. The van der Waals surface area contributed by atoms with Gasteiger partial charge in [-0.05, 0) is 18.2 Å². The standard InChI is InChI=1S/C15H14N2O4S/c1-16-15(18)14-13(17-9-10-5-4-8-21-10)11-6-2-3-7-12(11)22(14,19)20/h2-8,17H,9H2,1H3,(H,16,18). The molecule has 6 nitrogen and oxygen atoms in total. The van der Waals surface area contributed by atoms with E-state index in [9.17, 15) is 13.2 Å². The molecule has 0 spiro atoms. The number of benzene rings is 1. The molecule has 2 aromatic rings. The molecule has 1 amide bonds. The molecule has 22 heavy (non-hydrogen) atoms. The summed E-state index contributed by atoms with van der Waals surface area (Å²) in [6.07, 6.45) is 1.53. The molecule has 0 aliphatic carbocycles. The van der Waals surface area contributed by atoms with Gasteiger partial charge >= 0.3 is 0 Å². The van der Waals surface area contributed by atoms with Crippen LogP contribution in [0.4, 0.5) is 0 Å². The summed E-state index contributed by atoms with van der Waals surface area (Å²) >= 11 is 0. The Hall–Kier alpha value is -2.54. The quantitative estimate of drug-likeness (QED) is 0.886.